The number of rotatable bonds is 12. The fourth-order valence-electron chi connectivity index (χ4n) is 1.90. The Morgan fingerprint density at radius 2 is 2.14 bits per heavy atom. The monoisotopic (exact) mass is 312 g/mol. The van der Waals surface area contributed by atoms with Crippen molar-refractivity contribution in [2.45, 2.75) is 32.4 Å². The van der Waals surface area contributed by atoms with Crippen LogP contribution in [0.1, 0.15) is 24.8 Å². The van der Waals surface area contributed by atoms with Gasteiger partial charge in [0.25, 0.3) is 5.56 Å². The van der Waals surface area contributed by atoms with E-state index in [9.17, 15) is 9.59 Å². The SMILES string of the molecule is O=C(O)CCNCc1cccn(CCOCCCCO)c1=O. The molecule has 1 aromatic rings. The van der Waals surface area contributed by atoms with E-state index in [1.165, 1.54) is 0 Å². The van der Waals surface area contributed by atoms with Gasteiger partial charge in [-0.1, -0.05) is 6.07 Å². The predicted octanol–water partition coefficient (Wildman–Crippen LogP) is 0.202. The zero-order valence-corrected chi connectivity index (χ0v) is 12.7. The molecule has 0 aliphatic heterocycles. The molecule has 7 heteroatoms. The van der Waals surface area contributed by atoms with Crippen LogP contribution in [0.4, 0.5) is 0 Å². The van der Waals surface area contributed by atoms with Gasteiger partial charge in [0.1, 0.15) is 0 Å². The molecule has 0 radical (unpaired) electrons. The van der Waals surface area contributed by atoms with Crippen LogP contribution in [0.3, 0.4) is 0 Å². The summed E-state index contributed by atoms with van der Waals surface area (Å²) in [6, 6.07) is 3.52. The number of hydrogen-bond donors (Lipinski definition) is 3. The predicted molar refractivity (Wildman–Crippen MR) is 81.8 cm³/mol. The molecule has 0 saturated heterocycles. The average molecular weight is 312 g/mol. The molecule has 0 aliphatic carbocycles. The van der Waals surface area contributed by atoms with Crippen molar-refractivity contribution in [1.82, 2.24) is 9.88 Å². The number of nitrogens with zero attached hydrogens (tertiary/aromatic N) is 1. The Morgan fingerprint density at radius 1 is 1.32 bits per heavy atom. The van der Waals surface area contributed by atoms with Crippen molar-refractivity contribution >= 4 is 5.97 Å². The summed E-state index contributed by atoms with van der Waals surface area (Å²) >= 11 is 0. The molecule has 0 spiro atoms. The maximum atomic E-state index is 12.2. The van der Waals surface area contributed by atoms with Gasteiger partial charge >= 0.3 is 5.97 Å². The fraction of sp³-hybridized carbons (Fsp3) is 0.600. The lowest BCUT2D eigenvalue weighted by molar-refractivity contribution is -0.136. The minimum absolute atomic E-state index is 0.0305. The van der Waals surface area contributed by atoms with Crippen molar-refractivity contribution in [3.63, 3.8) is 0 Å². The Balaban J connectivity index is 2.37. The van der Waals surface area contributed by atoms with Crippen LogP contribution >= 0.6 is 0 Å². The number of pyridine rings is 1. The molecular formula is C15H24N2O5. The van der Waals surface area contributed by atoms with E-state index in [2.05, 4.69) is 5.32 Å². The van der Waals surface area contributed by atoms with E-state index in [1.807, 2.05) is 0 Å². The van der Waals surface area contributed by atoms with E-state index in [1.54, 1.807) is 22.9 Å². The number of aromatic nitrogens is 1. The van der Waals surface area contributed by atoms with Gasteiger partial charge in [0.2, 0.25) is 0 Å². The van der Waals surface area contributed by atoms with Crippen LogP contribution in [-0.4, -0.2) is 47.1 Å². The number of carboxylic acid groups (broad SMARTS) is 1. The molecule has 0 amide bonds. The number of aliphatic hydroxyl groups is 1. The summed E-state index contributed by atoms with van der Waals surface area (Å²) in [6.45, 7) is 2.34. The molecule has 124 valence electrons. The summed E-state index contributed by atoms with van der Waals surface area (Å²) < 4.78 is 6.99. The molecule has 0 unspecified atom stereocenters. The van der Waals surface area contributed by atoms with Crippen LogP contribution in [0.15, 0.2) is 23.1 Å². The van der Waals surface area contributed by atoms with Crippen LogP contribution in [0.25, 0.3) is 0 Å². The molecule has 0 atom stereocenters. The molecular weight excluding hydrogens is 288 g/mol. The highest BCUT2D eigenvalue weighted by atomic mass is 16.5. The zero-order valence-electron chi connectivity index (χ0n) is 12.7. The third-order valence-corrected chi connectivity index (χ3v) is 3.10. The topological polar surface area (TPSA) is 101 Å². The first kappa shape index (κ1) is 18.3. The first-order valence-corrected chi connectivity index (χ1v) is 7.44. The minimum atomic E-state index is -0.865. The van der Waals surface area contributed by atoms with E-state index in [-0.39, 0.29) is 18.6 Å². The van der Waals surface area contributed by atoms with Gasteiger partial charge < -0.3 is 24.8 Å². The van der Waals surface area contributed by atoms with E-state index < -0.39 is 5.97 Å². The molecule has 7 nitrogen and oxygen atoms in total. The zero-order chi connectivity index (χ0) is 16.2. The van der Waals surface area contributed by atoms with Crippen molar-refractivity contribution in [2.75, 3.05) is 26.4 Å². The van der Waals surface area contributed by atoms with E-state index in [0.29, 0.717) is 38.4 Å². The second-order valence-corrected chi connectivity index (χ2v) is 4.90. The lowest BCUT2D eigenvalue weighted by Crippen LogP contribution is -2.28. The number of carboxylic acids is 1. The number of aliphatic carboxylic acids is 1. The number of carbonyl (C=O) groups is 1. The van der Waals surface area contributed by atoms with Crippen molar-refractivity contribution in [3.05, 3.63) is 34.2 Å². The molecule has 0 bridgehead atoms. The lowest BCUT2D eigenvalue weighted by atomic mass is 10.2. The Labute approximate surface area is 129 Å². The van der Waals surface area contributed by atoms with Crippen molar-refractivity contribution in [1.29, 1.82) is 0 Å². The fourth-order valence-corrected chi connectivity index (χ4v) is 1.90. The van der Waals surface area contributed by atoms with E-state index in [4.69, 9.17) is 14.9 Å². The largest absolute Gasteiger partial charge is 0.481 e. The lowest BCUT2D eigenvalue weighted by Gasteiger charge is -2.09. The highest BCUT2D eigenvalue weighted by Gasteiger charge is 2.03. The molecule has 0 aliphatic rings. The van der Waals surface area contributed by atoms with Gasteiger partial charge in [0, 0.05) is 44.6 Å². The summed E-state index contributed by atoms with van der Waals surface area (Å²) in [5.74, 6) is -0.865. The summed E-state index contributed by atoms with van der Waals surface area (Å²) in [4.78, 5) is 22.6. The maximum Gasteiger partial charge on any atom is 0.304 e. The Kier molecular flexibility index (Phi) is 9.13. The van der Waals surface area contributed by atoms with E-state index in [0.717, 1.165) is 12.8 Å². The number of nitrogens with one attached hydrogen (secondary N) is 1. The molecule has 0 aromatic carbocycles. The first-order chi connectivity index (χ1) is 10.6. The minimum Gasteiger partial charge on any atom is -0.481 e. The van der Waals surface area contributed by atoms with Crippen LogP contribution in [-0.2, 0) is 22.6 Å². The van der Waals surface area contributed by atoms with Gasteiger partial charge in [0.15, 0.2) is 0 Å². The number of aliphatic hydroxyl groups excluding tert-OH is 1. The third kappa shape index (κ3) is 7.35. The molecule has 22 heavy (non-hydrogen) atoms. The first-order valence-electron chi connectivity index (χ1n) is 7.44. The average Bonchev–Trinajstić information content (AvgIpc) is 2.49. The summed E-state index contributed by atoms with van der Waals surface area (Å²) in [7, 11) is 0. The Hall–Kier alpha value is -1.70. The van der Waals surface area contributed by atoms with Gasteiger partial charge in [-0.15, -0.1) is 0 Å². The van der Waals surface area contributed by atoms with Crippen LogP contribution < -0.4 is 10.9 Å². The molecule has 1 rings (SSSR count). The van der Waals surface area contributed by atoms with Gasteiger partial charge in [-0.25, -0.2) is 0 Å². The van der Waals surface area contributed by atoms with Gasteiger partial charge in [-0.3, -0.25) is 9.59 Å². The van der Waals surface area contributed by atoms with Crippen LogP contribution in [0.2, 0.25) is 0 Å². The normalized spacial score (nSPS) is 10.8. The highest BCUT2D eigenvalue weighted by Crippen LogP contribution is 1.94. The van der Waals surface area contributed by atoms with Gasteiger partial charge in [-0.2, -0.15) is 0 Å². The number of unbranched alkanes of at least 4 members (excludes halogenated alkanes) is 1. The molecule has 0 fully saturated rings. The highest BCUT2D eigenvalue weighted by molar-refractivity contribution is 5.66. The summed E-state index contributed by atoms with van der Waals surface area (Å²) in [6.07, 6.45) is 3.26. The Morgan fingerprint density at radius 3 is 2.86 bits per heavy atom. The summed E-state index contributed by atoms with van der Waals surface area (Å²) in [5, 5.41) is 20.1. The van der Waals surface area contributed by atoms with Crippen molar-refractivity contribution in [3.8, 4) is 0 Å². The standard InChI is InChI=1S/C15H24N2O5/c18-9-1-2-10-22-11-8-17-7-3-4-13(15(17)21)12-16-6-5-14(19)20/h3-4,7,16,18H,1-2,5-6,8-12H2,(H,19,20). The number of hydrogen-bond acceptors (Lipinski definition) is 5. The summed E-state index contributed by atoms with van der Waals surface area (Å²) in [5.41, 5.74) is 0.512. The van der Waals surface area contributed by atoms with Gasteiger partial charge in [0.05, 0.1) is 13.0 Å². The second kappa shape index (κ2) is 10.9. The molecule has 1 heterocycles. The van der Waals surface area contributed by atoms with E-state index >= 15 is 0 Å². The molecule has 0 saturated carbocycles. The smallest absolute Gasteiger partial charge is 0.304 e. The third-order valence-electron chi connectivity index (χ3n) is 3.10. The maximum absolute atomic E-state index is 12.2. The van der Waals surface area contributed by atoms with Crippen molar-refractivity contribution < 1.29 is 19.7 Å². The quantitative estimate of drug-likeness (QED) is 0.477. The number of ether oxygens (including phenoxy) is 1. The molecule has 1 aromatic heterocycles. The van der Waals surface area contributed by atoms with Crippen molar-refractivity contribution in [2.24, 2.45) is 0 Å². The van der Waals surface area contributed by atoms with Crippen LogP contribution in [0.5, 0.6) is 0 Å². The Bertz CT molecular complexity index is 501. The second-order valence-electron chi connectivity index (χ2n) is 4.90. The van der Waals surface area contributed by atoms with Crippen LogP contribution in [0, 0.1) is 0 Å². The molecule has 3 N–H and O–H groups in total. The van der Waals surface area contributed by atoms with Gasteiger partial charge in [-0.05, 0) is 18.9 Å².